The number of hydrogen-bond donors (Lipinski definition) is 2. The van der Waals surface area contributed by atoms with Gasteiger partial charge in [0.1, 0.15) is 0 Å². The molecule has 3 aliphatic rings. The number of carbonyl (C=O) groups is 2. The van der Waals surface area contributed by atoms with Crippen LogP contribution in [0, 0.1) is 5.92 Å². The van der Waals surface area contributed by atoms with Gasteiger partial charge in [-0.05, 0) is 0 Å². The Hall–Kier alpha value is -1.18. The number of amides is 1. The summed E-state index contributed by atoms with van der Waals surface area (Å²) in [4.78, 5) is 25.2. The second-order valence-corrected chi connectivity index (χ2v) is 24.4. The van der Waals surface area contributed by atoms with Crippen molar-refractivity contribution in [3.63, 3.8) is 0 Å². The Morgan fingerprint density at radius 3 is 2.27 bits per heavy atom. The number of fused-ring (bicyclic) bond motifs is 1. The third-order valence-corrected chi connectivity index (χ3v) is 22.4. The normalized spacial score (nSPS) is 26.7. The van der Waals surface area contributed by atoms with E-state index in [9.17, 15) is 14.7 Å². The third-order valence-electron chi connectivity index (χ3n) is 8.35. The molecule has 5 nitrogen and oxygen atoms in total. The van der Waals surface area contributed by atoms with E-state index in [0.717, 1.165) is 0 Å². The van der Waals surface area contributed by atoms with Crippen LogP contribution in [-0.2, 0) is 14.3 Å². The van der Waals surface area contributed by atoms with Crippen molar-refractivity contribution in [1.82, 2.24) is 5.32 Å². The molecule has 1 aliphatic heterocycles. The Morgan fingerprint density at radius 1 is 1.05 bits per heavy atom. The van der Waals surface area contributed by atoms with Gasteiger partial charge in [0.15, 0.2) is 0 Å². The first-order valence-corrected chi connectivity index (χ1v) is 22.6. The Balaban J connectivity index is 1.76. The van der Waals surface area contributed by atoms with Crippen molar-refractivity contribution in [2.45, 2.75) is 123 Å². The van der Waals surface area contributed by atoms with E-state index in [1.165, 1.54) is 96.1 Å². The molecule has 37 heavy (non-hydrogen) atoms. The summed E-state index contributed by atoms with van der Waals surface area (Å²) in [6.45, 7) is 6.74. The van der Waals surface area contributed by atoms with Crippen LogP contribution in [0.4, 0.5) is 0 Å². The van der Waals surface area contributed by atoms with Gasteiger partial charge in [-0.25, -0.2) is 0 Å². The van der Waals surface area contributed by atoms with Crippen molar-refractivity contribution < 1.29 is 19.4 Å². The van der Waals surface area contributed by atoms with Crippen molar-refractivity contribution in [3.05, 3.63) is 46.2 Å². The quantitative estimate of drug-likeness (QED) is 0.0927. The zero-order valence-corrected chi connectivity index (χ0v) is 26.2. The van der Waals surface area contributed by atoms with Gasteiger partial charge in [0.2, 0.25) is 0 Å². The number of nitrogens with one attached hydrogen (secondary N) is 1. The summed E-state index contributed by atoms with van der Waals surface area (Å²) in [5, 5.41) is 14.7. The molecule has 1 heterocycles. The van der Waals surface area contributed by atoms with E-state index in [0.29, 0.717) is 5.92 Å². The molecule has 6 heteroatoms. The van der Waals surface area contributed by atoms with Gasteiger partial charge >= 0.3 is 210 Å². The van der Waals surface area contributed by atoms with Crippen molar-refractivity contribution in [1.29, 1.82) is 0 Å². The van der Waals surface area contributed by atoms with E-state index in [2.05, 4.69) is 36.3 Å². The van der Waals surface area contributed by atoms with Crippen LogP contribution in [0.15, 0.2) is 46.2 Å². The summed E-state index contributed by atoms with van der Waals surface area (Å²) in [7, 11) is 0. The van der Waals surface area contributed by atoms with Crippen LogP contribution in [-0.4, -0.2) is 53.0 Å². The van der Waals surface area contributed by atoms with Gasteiger partial charge in [0.25, 0.3) is 0 Å². The second kappa shape index (κ2) is 14.8. The van der Waals surface area contributed by atoms with Crippen molar-refractivity contribution in [3.8, 4) is 0 Å². The van der Waals surface area contributed by atoms with Crippen LogP contribution in [0.2, 0.25) is 13.3 Å². The minimum absolute atomic E-state index is 0.183. The summed E-state index contributed by atoms with van der Waals surface area (Å²) in [6.07, 6.45) is 23.0. The predicted octanol–water partition coefficient (Wildman–Crippen LogP) is 6.70. The number of carbonyl (C=O) groups excluding carboxylic acids is 2. The maximum absolute atomic E-state index is 12.8. The number of epoxide rings is 1. The summed E-state index contributed by atoms with van der Waals surface area (Å²) >= 11 is -2.68. The Labute approximate surface area is 228 Å². The first-order chi connectivity index (χ1) is 17.9. The Kier molecular flexibility index (Phi) is 12.2. The Morgan fingerprint density at radius 2 is 1.68 bits per heavy atom. The summed E-state index contributed by atoms with van der Waals surface area (Å²) in [5.74, 6) is 0.0762. The van der Waals surface area contributed by atoms with Crippen LogP contribution in [0.5, 0.6) is 0 Å². The molecule has 0 aromatic heterocycles. The fourth-order valence-corrected chi connectivity index (χ4v) is 20.2. The van der Waals surface area contributed by atoms with Gasteiger partial charge < -0.3 is 0 Å². The molecule has 206 valence electrons. The molecular weight excluding hydrogens is 569 g/mol. The SMILES string of the molecule is CCC[CH2][Sn](/[CH]=C/[C@@]1(O)C(NC(=O)/C=C/C=C/C2CCCCC2)=CC(=O)[C@@H]2O[C@@H]21)([CH2]CCC)[CH2]CCC. The average molecular weight is 618 g/mol. The van der Waals surface area contributed by atoms with E-state index in [-0.39, 0.29) is 17.4 Å². The zero-order chi connectivity index (χ0) is 26.7. The number of ether oxygens (including phenoxy) is 1. The number of hydrogen-bond acceptors (Lipinski definition) is 4. The van der Waals surface area contributed by atoms with Gasteiger partial charge in [-0.3, -0.25) is 0 Å². The molecule has 2 N–H and O–H groups in total. The van der Waals surface area contributed by atoms with Crippen LogP contribution < -0.4 is 5.32 Å². The van der Waals surface area contributed by atoms with E-state index in [1.54, 1.807) is 6.08 Å². The molecule has 3 atom stereocenters. The average Bonchev–Trinajstić information content (AvgIpc) is 3.72. The first kappa shape index (κ1) is 30.4. The molecule has 0 radical (unpaired) electrons. The molecule has 0 aromatic rings. The monoisotopic (exact) mass is 619 g/mol. The van der Waals surface area contributed by atoms with Crippen molar-refractivity contribution >= 4 is 30.1 Å². The third kappa shape index (κ3) is 8.66. The maximum atomic E-state index is 12.8. The van der Waals surface area contributed by atoms with Crippen LogP contribution in [0.1, 0.15) is 91.4 Å². The van der Waals surface area contributed by atoms with E-state index in [1.807, 2.05) is 12.2 Å². The zero-order valence-electron chi connectivity index (χ0n) is 23.3. The molecule has 1 saturated carbocycles. The molecule has 1 amide bonds. The topological polar surface area (TPSA) is 78.9 Å². The summed E-state index contributed by atoms with van der Waals surface area (Å²) in [6, 6.07) is 0. The predicted molar refractivity (Wildman–Crippen MR) is 154 cm³/mol. The fraction of sp³-hybridized carbons (Fsp3) is 0.677. The molecule has 0 aromatic carbocycles. The van der Waals surface area contributed by atoms with Crippen LogP contribution >= 0.6 is 0 Å². The molecule has 0 unspecified atom stereocenters. The van der Waals surface area contributed by atoms with Crippen molar-refractivity contribution in [2.24, 2.45) is 5.92 Å². The van der Waals surface area contributed by atoms with Gasteiger partial charge in [0, 0.05) is 0 Å². The fourth-order valence-electron chi connectivity index (χ4n) is 5.86. The van der Waals surface area contributed by atoms with E-state index < -0.39 is 36.2 Å². The molecule has 0 bridgehead atoms. The second-order valence-electron chi connectivity index (χ2n) is 11.4. The molecule has 0 spiro atoms. The van der Waals surface area contributed by atoms with Crippen molar-refractivity contribution in [2.75, 3.05) is 0 Å². The number of ketones is 1. The molecule has 2 aliphatic carbocycles. The van der Waals surface area contributed by atoms with Crippen LogP contribution in [0.25, 0.3) is 0 Å². The first-order valence-electron chi connectivity index (χ1n) is 14.9. The Bertz CT molecular complexity index is 864. The molecular formula is C31H49NO4Sn. The summed E-state index contributed by atoms with van der Waals surface area (Å²) in [5.41, 5.74) is -1.22. The molecule has 1 saturated heterocycles. The standard InChI is InChI=1S/C19H22NO4.3C4H9.Sn/c1-2-19(23)15(12-14(21)17-18(19)24-17)20-16(22)11-7-6-10-13-8-4-3-5-9-13;3*1-3-4-2;/h1-2,6-7,10-13,17-18,23H,3-5,8-9H2,(H,20,22);3*1,3-4H2,2H3;/b2-1?,10-6+,11-7+;;;;/t17-,18-,19+;;;;/m0..../s1. The van der Waals surface area contributed by atoms with E-state index in [4.69, 9.17) is 4.74 Å². The minimum atomic E-state index is -2.68. The van der Waals surface area contributed by atoms with Gasteiger partial charge in [0.05, 0.1) is 0 Å². The van der Waals surface area contributed by atoms with Gasteiger partial charge in [-0.2, -0.15) is 0 Å². The van der Waals surface area contributed by atoms with Gasteiger partial charge in [-0.1, -0.05) is 19.3 Å². The number of allylic oxidation sites excluding steroid dienone is 3. The molecule has 2 fully saturated rings. The van der Waals surface area contributed by atoms with Crippen LogP contribution in [0.3, 0.4) is 0 Å². The summed E-state index contributed by atoms with van der Waals surface area (Å²) < 4.78 is 11.9. The molecule has 3 rings (SSSR count). The number of aliphatic hydroxyl groups is 1. The number of unbranched alkanes of at least 4 members (excludes halogenated alkanes) is 3. The number of rotatable bonds is 15. The van der Waals surface area contributed by atoms with E-state index >= 15 is 0 Å². The van der Waals surface area contributed by atoms with Gasteiger partial charge in [-0.15, -0.1) is 0 Å².